The van der Waals surface area contributed by atoms with Crippen LogP contribution >= 0.6 is 11.3 Å². The molecule has 0 fully saturated rings. The standard InChI is InChI=1S/C10H8N2.C8H6S/c1-2-5-9(6-3-1)10-7-4-8-11-12-10;1-3-7-4-2-6-9-8(7)5-1/h1-8H;1-6H. The fourth-order valence-corrected chi connectivity index (χ4v) is 2.72. The summed E-state index contributed by atoms with van der Waals surface area (Å²) in [6.07, 6.45) is 1.67. The molecular formula is C18H14N2S. The molecule has 2 nitrogen and oxygen atoms in total. The van der Waals surface area contributed by atoms with Crippen molar-refractivity contribution in [1.82, 2.24) is 10.2 Å². The van der Waals surface area contributed by atoms with E-state index in [0.717, 1.165) is 11.3 Å². The molecule has 1 aromatic heterocycles. The largest absolute Gasteiger partial charge is 0.159 e. The quantitative estimate of drug-likeness (QED) is 0.493. The Morgan fingerprint density at radius 2 is 1.48 bits per heavy atom. The van der Waals surface area contributed by atoms with Crippen molar-refractivity contribution in [3.63, 3.8) is 0 Å². The topological polar surface area (TPSA) is 25.8 Å². The van der Waals surface area contributed by atoms with Gasteiger partial charge in [0.05, 0.1) is 5.69 Å². The van der Waals surface area contributed by atoms with E-state index in [0.29, 0.717) is 0 Å². The number of benzene rings is 1. The molecule has 0 atom stereocenters. The second-order valence-corrected chi connectivity index (χ2v) is 5.38. The van der Waals surface area contributed by atoms with Crippen molar-refractivity contribution in [3.05, 3.63) is 84.4 Å². The van der Waals surface area contributed by atoms with Gasteiger partial charge in [-0.05, 0) is 29.1 Å². The zero-order chi connectivity index (χ0) is 14.3. The summed E-state index contributed by atoms with van der Waals surface area (Å²) < 4.78 is 0. The molecule has 0 radical (unpaired) electrons. The Morgan fingerprint density at radius 3 is 2.24 bits per heavy atom. The second-order valence-electron chi connectivity index (χ2n) is 4.43. The van der Waals surface area contributed by atoms with Gasteiger partial charge in [0, 0.05) is 16.6 Å². The van der Waals surface area contributed by atoms with Gasteiger partial charge in [-0.25, -0.2) is 0 Å². The van der Waals surface area contributed by atoms with Crippen LogP contribution in [0.2, 0.25) is 0 Å². The van der Waals surface area contributed by atoms with Crippen LogP contribution in [-0.2, 0) is 0 Å². The van der Waals surface area contributed by atoms with Crippen LogP contribution in [-0.4, -0.2) is 10.2 Å². The average molecular weight is 290 g/mol. The van der Waals surface area contributed by atoms with Gasteiger partial charge in [-0.2, -0.15) is 10.2 Å². The number of nitrogens with zero attached hydrogens (tertiary/aromatic N) is 2. The van der Waals surface area contributed by atoms with Crippen molar-refractivity contribution in [2.45, 2.75) is 0 Å². The van der Waals surface area contributed by atoms with Crippen LogP contribution in [0.4, 0.5) is 0 Å². The van der Waals surface area contributed by atoms with Gasteiger partial charge in [0.25, 0.3) is 0 Å². The van der Waals surface area contributed by atoms with Crippen molar-refractivity contribution in [2.75, 3.05) is 0 Å². The molecule has 0 spiro atoms. The molecule has 1 aliphatic heterocycles. The van der Waals surface area contributed by atoms with Gasteiger partial charge in [0.1, 0.15) is 0 Å². The Labute approximate surface area is 128 Å². The molecular weight excluding hydrogens is 276 g/mol. The Kier molecular flexibility index (Phi) is 4.34. The normalized spacial score (nSPS) is 9.90. The summed E-state index contributed by atoms with van der Waals surface area (Å²) in [5.74, 6) is 0. The summed E-state index contributed by atoms with van der Waals surface area (Å²) in [6.45, 7) is 0. The van der Waals surface area contributed by atoms with E-state index in [1.807, 2.05) is 42.5 Å². The maximum atomic E-state index is 4.00. The second kappa shape index (κ2) is 6.77. The fourth-order valence-electron chi connectivity index (χ4n) is 1.98. The first kappa shape index (κ1) is 13.5. The minimum Gasteiger partial charge on any atom is -0.159 e. The summed E-state index contributed by atoms with van der Waals surface area (Å²) in [7, 11) is 0. The molecule has 0 N–H and O–H groups in total. The zero-order valence-corrected chi connectivity index (χ0v) is 12.2. The first-order valence-corrected chi connectivity index (χ1v) is 7.57. The third-order valence-corrected chi connectivity index (χ3v) is 3.92. The lowest BCUT2D eigenvalue weighted by molar-refractivity contribution is 1.04. The van der Waals surface area contributed by atoms with Crippen LogP contribution in [0.3, 0.4) is 0 Å². The first-order valence-electron chi connectivity index (χ1n) is 6.69. The third-order valence-electron chi connectivity index (χ3n) is 3.00. The Balaban J connectivity index is 0.000000131. The smallest absolute Gasteiger partial charge is 0.0929 e. The number of rotatable bonds is 1. The van der Waals surface area contributed by atoms with Gasteiger partial charge in [-0.15, -0.1) is 11.3 Å². The molecule has 0 saturated carbocycles. The molecule has 102 valence electrons. The molecule has 1 aliphatic carbocycles. The zero-order valence-electron chi connectivity index (χ0n) is 11.4. The molecule has 0 amide bonds. The third kappa shape index (κ3) is 3.52. The van der Waals surface area contributed by atoms with E-state index >= 15 is 0 Å². The predicted molar refractivity (Wildman–Crippen MR) is 88.4 cm³/mol. The van der Waals surface area contributed by atoms with Crippen LogP contribution in [0.25, 0.3) is 21.7 Å². The van der Waals surface area contributed by atoms with E-state index in [1.165, 1.54) is 10.4 Å². The van der Waals surface area contributed by atoms with E-state index in [9.17, 15) is 0 Å². The lowest BCUT2D eigenvalue weighted by Crippen LogP contribution is -1.83. The van der Waals surface area contributed by atoms with Crippen molar-refractivity contribution in [1.29, 1.82) is 0 Å². The van der Waals surface area contributed by atoms with E-state index in [2.05, 4.69) is 45.9 Å². The molecule has 2 aromatic rings. The number of hydrogen-bond donors (Lipinski definition) is 0. The van der Waals surface area contributed by atoms with Gasteiger partial charge < -0.3 is 0 Å². The number of aromatic nitrogens is 2. The minimum atomic E-state index is 0.915. The van der Waals surface area contributed by atoms with Crippen molar-refractivity contribution < 1.29 is 0 Å². The Bertz CT molecular complexity index is 686. The molecule has 21 heavy (non-hydrogen) atoms. The monoisotopic (exact) mass is 290 g/mol. The molecule has 3 heteroatoms. The van der Waals surface area contributed by atoms with E-state index in [1.54, 1.807) is 17.5 Å². The van der Waals surface area contributed by atoms with E-state index in [4.69, 9.17) is 0 Å². The SMILES string of the molecule is c1ccc(-c2cccnn2)cc1.c1csc2cccc-2c1. The molecule has 2 heterocycles. The van der Waals surface area contributed by atoms with Crippen LogP contribution < -0.4 is 0 Å². The summed E-state index contributed by atoms with van der Waals surface area (Å²) in [6, 6.07) is 24.4. The van der Waals surface area contributed by atoms with Crippen molar-refractivity contribution in [2.24, 2.45) is 0 Å². The Morgan fingerprint density at radius 1 is 0.667 bits per heavy atom. The highest BCUT2D eigenvalue weighted by Gasteiger charge is 1.97. The van der Waals surface area contributed by atoms with Crippen LogP contribution in [0, 0.1) is 0 Å². The average Bonchev–Trinajstić information content (AvgIpc) is 3.06. The van der Waals surface area contributed by atoms with Gasteiger partial charge in [-0.3, -0.25) is 0 Å². The Hall–Kier alpha value is -2.52. The fraction of sp³-hybridized carbons (Fsp3) is 0. The van der Waals surface area contributed by atoms with Gasteiger partial charge >= 0.3 is 0 Å². The summed E-state index contributed by atoms with van der Waals surface area (Å²) in [4.78, 5) is 1.37. The van der Waals surface area contributed by atoms with E-state index < -0.39 is 0 Å². The van der Waals surface area contributed by atoms with Crippen LogP contribution in [0.5, 0.6) is 0 Å². The summed E-state index contributed by atoms with van der Waals surface area (Å²) >= 11 is 1.78. The van der Waals surface area contributed by atoms with Gasteiger partial charge in [0.15, 0.2) is 0 Å². The highest BCUT2D eigenvalue weighted by molar-refractivity contribution is 7.13. The maximum absolute atomic E-state index is 4.00. The molecule has 0 saturated heterocycles. The molecule has 4 rings (SSSR count). The minimum absolute atomic E-state index is 0.915. The van der Waals surface area contributed by atoms with Crippen molar-refractivity contribution >= 4 is 11.3 Å². The van der Waals surface area contributed by atoms with Crippen LogP contribution in [0.15, 0.2) is 84.4 Å². The van der Waals surface area contributed by atoms with Gasteiger partial charge in [-0.1, -0.05) is 54.6 Å². The van der Waals surface area contributed by atoms with Crippen LogP contribution in [0.1, 0.15) is 0 Å². The highest BCUT2D eigenvalue weighted by atomic mass is 32.1. The lowest BCUT2D eigenvalue weighted by atomic mass is 10.1. The summed E-state index contributed by atoms with van der Waals surface area (Å²) in [5, 5.41) is 9.91. The molecule has 2 aliphatic rings. The summed E-state index contributed by atoms with van der Waals surface area (Å²) in [5.41, 5.74) is 3.37. The highest BCUT2D eigenvalue weighted by Crippen LogP contribution is 2.25. The lowest BCUT2D eigenvalue weighted by Gasteiger charge is -1.96. The molecule has 0 bridgehead atoms. The predicted octanol–water partition coefficient (Wildman–Crippen LogP) is 5.00. The molecule has 1 aromatic carbocycles. The van der Waals surface area contributed by atoms with E-state index in [-0.39, 0.29) is 0 Å². The van der Waals surface area contributed by atoms with Gasteiger partial charge in [0.2, 0.25) is 0 Å². The number of fused-ring (bicyclic) bond motifs is 1. The molecule has 0 unspecified atom stereocenters. The maximum Gasteiger partial charge on any atom is 0.0929 e. The number of hydrogen-bond acceptors (Lipinski definition) is 3. The first-order chi connectivity index (χ1) is 10.4. The van der Waals surface area contributed by atoms with Crippen molar-refractivity contribution in [3.8, 4) is 21.7 Å².